The predicted molar refractivity (Wildman–Crippen MR) is 88.6 cm³/mol. The first-order chi connectivity index (χ1) is 11.3. The number of carbonyl (C=O) groups excluding carboxylic acids is 1. The lowest BCUT2D eigenvalue weighted by atomic mass is 10.3. The van der Waals surface area contributed by atoms with E-state index in [1.807, 2.05) is 6.07 Å². The molecule has 0 aromatic carbocycles. The topological polar surface area (TPSA) is 82.6 Å². The molecule has 1 aliphatic rings. The van der Waals surface area contributed by atoms with Crippen LogP contribution >= 0.6 is 0 Å². The number of anilines is 1. The van der Waals surface area contributed by atoms with Gasteiger partial charge < -0.3 is 20.3 Å². The first kappa shape index (κ1) is 17.4. The van der Waals surface area contributed by atoms with Crippen LogP contribution in [0.25, 0.3) is 0 Å². The molecule has 2 rings (SSSR count). The number of nitrogens with one attached hydrogen (secondary N) is 2. The molecule has 1 aliphatic heterocycles. The highest BCUT2D eigenvalue weighted by Gasteiger charge is 2.18. The molecule has 0 radical (unpaired) electrons. The van der Waals surface area contributed by atoms with E-state index in [4.69, 9.17) is 4.74 Å². The van der Waals surface area contributed by atoms with Crippen molar-refractivity contribution in [3.63, 3.8) is 0 Å². The molecule has 128 valence electrons. The number of hydrogen-bond donors (Lipinski definition) is 2. The molecular weight excluding hydrogens is 296 g/mol. The minimum absolute atomic E-state index is 0.131. The summed E-state index contributed by atoms with van der Waals surface area (Å²) in [4.78, 5) is 24.6. The summed E-state index contributed by atoms with van der Waals surface area (Å²) in [6.45, 7) is 6.61. The predicted octanol–water partition coefficient (Wildman–Crippen LogP) is -0.0657. The first-order valence-corrected chi connectivity index (χ1v) is 8.04. The SMILES string of the molecule is COCCNC(=O)NCCCN1CCN(c2ncccn2)CC1. The van der Waals surface area contributed by atoms with Crippen LogP contribution in [0, 0.1) is 0 Å². The molecule has 1 aromatic rings. The van der Waals surface area contributed by atoms with Crippen molar-refractivity contribution in [2.75, 3.05) is 64.4 Å². The van der Waals surface area contributed by atoms with Crippen molar-refractivity contribution < 1.29 is 9.53 Å². The Morgan fingerprint density at radius 3 is 2.57 bits per heavy atom. The second-order valence-electron chi connectivity index (χ2n) is 5.41. The van der Waals surface area contributed by atoms with Gasteiger partial charge in [0.15, 0.2) is 0 Å². The summed E-state index contributed by atoms with van der Waals surface area (Å²) in [5.41, 5.74) is 0. The van der Waals surface area contributed by atoms with Crippen molar-refractivity contribution in [3.8, 4) is 0 Å². The van der Waals surface area contributed by atoms with Crippen LogP contribution in [0.5, 0.6) is 0 Å². The zero-order chi connectivity index (χ0) is 16.3. The van der Waals surface area contributed by atoms with Crippen molar-refractivity contribution in [3.05, 3.63) is 18.5 Å². The van der Waals surface area contributed by atoms with Crippen LogP contribution in [0.15, 0.2) is 18.5 Å². The summed E-state index contributed by atoms with van der Waals surface area (Å²) in [5.74, 6) is 0.807. The molecule has 0 atom stereocenters. The summed E-state index contributed by atoms with van der Waals surface area (Å²) in [6, 6.07) is 1.70. The first-order valence-electron chi connectivity index (χ1n) is 8.04. The lowest BCUT2D eigenvalue weighted by Crippen LogP contribution is -2.47. The minimum atomic E-state index is -0.131. The second-order valence-corrected chi connectivity index (χ2v) is 5.41. The minimum Gasteiger partial charge on any atom is -0.383 e. The van der Waals surface area contributed by atoms with Crippen LogP contribution in [-0.4, -0.2) is 80.4 Å². The van der Waals surface area contributed by atoms with E-state index in [9.17, 15) is 4.79 Å². The van der Waals surface area contributed by atoms with Gasteiger partial charge in [0.25, 0.3) is 0 Å². The Bertz CT molecular complexity index is 451. The quantitative estimate of drug-likeness (QED) is 0.652. The highest BCUT2D eigenvalue weighted by atomic mass is 16.5. The van der Waals surface area contributed by atoms with Crippen LogP contribution < -0.4 is 15.5 Å². The Morgan fingerprint density at radius 1 is 1.17 bits per heavy atom. The molecule has 1 fully saturated rings. The van der Waals surface area contributed by atoms with E-state index in [0.717, 1.165) is 45.1 Å². The van der Waals surface area contributed by atoms with Crippen LogP contribution in [0.4, 0.5) is 10.7 Å². The molecular formula is C15H26N6O2. The monoisotopic (exact) mass is 322 g/mol. The van der Waals surface area contributed by atoms with E-state index in [1.54, 1.807) is 19.5 Å². The highest BCUT2D eigenvalue weighted by molar-refractivity contribution is 5.73. The Labute approximate surface area is 137 Å². The molecule has 0 bridgehead atoms. The van der Waals surface area contributed by atoms with E-state index in [-0.39, 0.29) is 6.03 Å². The van der Waals surface area contributed by atoms with Crippen molar-refractivity contribution in [2.45, 2.75) is 6.42 Å². The summed E-state index contributed by atoms with van der Waals surface area (Å²) < 4.78 is 4.88. The van der Waals surface area contributed by atoms with Gasteiger partial charge in [-0.2, -0.15) is 0 Å². The summed E-state index contributed by atoms with van der Waals surface area (Å²) in [5, 5.41) is 5.59. The zero-order valence-corrected chi connectivity index (χ0v) is 13.7. The Morgan fingerprint density at radius 2 is 1.87 bits per heavy atom. The van der Waals surface area contributed by atoms with Gasteiger partial charge in [-0.05, 0) is 19.0 Å². The number of hydrogen-bond acceptors (Lipinski definition) is 6. The number of amides is 2. The normalized spacial score (nSPS) is 15.4. The third-order valence-electron chi connectivity index (χ3n) is 3.74. The van der Waals surface area contributed by atoms with Crippen molar-refractivity contribution >= 4 is 12.0 Å². The summed E-state index contributed by atoms with van der Waals surface area (Å²) >= 11 is 0. The van der Waals surface area contributed by atoms with Crippen molar-refractivity contribution in [1.82, 2.24) is 25.5 Å². The molecule has 2 heterocycles. The number of aromatic nitrogens is 2. The number of methoxy groups -OCH3 is 1. The average molecular weight is 322 g/mol. The second kappa shape index (κ2) is 9.96. The van der Waals surface area contributed by atoms with Crippen molar-refractivity contribution in [2.24, 2.45) is 0 Å². The molecule has 2 N–H and O–H groups in total. The van der Waals surface area contributed by atoms with Crippen molar-refractivity contribution in [1.29, 1.82) is 0 Å². The van der Waals surface area contributed by atoms with Gasteiger partial charge in [-0.15, -0.1) is 0 Å². The molecule has 8 nitrogen and oxygen atoms in total. The smallest absolute Gasteiger partial charge is 0.314 e. The van der Waals surface area contributed by atoms with Crippen LogP contribution in [0.3, 0.4) is 0 Å². The average Bonchev–Trinajstić information content (AvgIpc) is 2.60. The van der Waals surface area contributed by atoms with E-state index in [0.29, 0.717) is 19.7 Å². The standard InChI is InChI=1S/C15H26N6O2/c1-23-13-7-19-15(22)18-6-3-8-20-9-11-21(12-10-20)14-16-4-2-5-17-14/h2,4-5H,3,6-13H2,1H3,(H2,18,19,22). The van der Waals surface area contributed by atoms with Gasteiger partial charge in [-0.3, -0.25) is 4.90 Å². The van der Waals surface area contributed by atoms with E-state index < -0.39 is 0 Å². The van der Waals surface area contributed by atoms with Gasteiger partial charge in [0.2, 0.25) is 5.95 Å². The van der Waals surface area contributed by atoms with Gasteiger partial charge in [-0.25, -0.2) is 14.8 Å². The zero-order valence-electron chi connectivity index (χ0n) is 13.7. The lowest BCUT2D eigenvalue weighted by Gasteiger charge is -2.34. The summed E-state index contributed by atoms with van der Waals surface area (Å²) in [6.07, 6.45) is 4.50. The van der Waals surface area contributed by atoms with E-state index >= 15 is 0 Å². The fourth-order valence-corrected chi connectivity index (χ4v) is 2.46. The fraction of sp³-hybridized carbons (Fsp3) is 0.667. The molecule has 8 heteroatoms. The fourth-order valence-electron chi connectivity index (χ4n) is 2.46. The van der Waals surface area contributed by atoms with Gasteiger partial charge in [0.05, 0.1) is 6.61 Å². The maximum Gasteiger partial charge on any atom is 0.314 e. The molecule has 0 aliphatic carbocycles. The van der Waals surface area contributed by atoms with Gasteiger partial charge in [0, 0.05) is 58.8 Å². The number of carbonyl (C=O) groups is 1. The van der Waals surface area contributed by atoms with Crippen LogP contribution in [0.1, 0.15) is 6.42 Å². The van der Waals surface area contributed by atoms with Gasteiger partial charge in [0.1, 0.15) is 0 Å². The molecule has 1 aromatic heterocycles. The number of nitrogens with zero attached hydrogens (tertiary/aromatic N) is 4. The summed E-state index contributed by atoms with van der Waals surface area (Å²) in [7, 11) is 1.61. The number of piperazine rings is 1. The maximum absolute atomic E-state index is 11.5. The van der Waals surface area contributed by atoms with Crippen LogP contribution in [0.2, 0.25) is 0 Å². The highest BCUT2D eigenvalue weighted by Crippen LogP contribution is 2.09. The molecule has 2 amide bonds. The number of ether oxygens (including phenoxy) is 1. The largest absolute Gasteiger partial charge is 0.383 e. The van der Waals surface area contributed by atoms with E-state index in [1.165, 1.54) is 0 Å². The number of rotatable bonds is 8. The molecule has 0 unspecified atom stereocenters. The maximum atomic E-state index is 11.5. The molecule has 0 spiro atoms. The molecule has 0 saturated carbocycles. The molecule has 23 heavy (non-hydrogen) atoms. The Kier molecular flexibility index (Phi) is 7.55. The third kappa shape index (κ3) is 6.37. The third-order valence-corrected chi connectivity index (χ3v) is 3.74. The lowest BCUT2D eigenvalue weighted by molar-refractivity contribution is 0.195. The van der Waals surface area contributed by atoms with E-state index in [2.05, 4.69) is 30.4 Å². The number of urea groups is 1. The van der Waals surface area contributed by atoms with Gasteiger partial charge in [-0.1, -0.05) is 0 Å². The van der Waals surface area contributed by atoms with Crippen LogP contribution in [-0.2, 0) is 4.74 Å². The molecule has 1 saturated heterocycles. The Hall–Kier alpha value is -1.93. The van der Waals surface area contributed by atoms with Gasteiger partial charge >= 0.3 is 6.03 Å². The Balaban J connectivity index is 1.54.